The average molecular weight is 382 g/mol. The molecule has 8 heteroatoms. The van der Waals surface area contributed by atoms with Gasteiger partial charge in [-0.1, -0.05) is 0 Å². The maximum atomic E-state index is 12.7. The molecule has 4 rings (SSSR count). The van der Waals surface area contributed by atoms with Crippen molar-refractivity contribution in [2.24, 2.45) is 0 Å². The van der Waals surface area contributed by atoms with E-state index < -0.39 is 11.7 Å². The summed E-state index contributed by atoms with van der Waals surface area (Å²) in [4.78, 5) is 8.42. The standard InChI is InChI=1S/C20H13F3N4O/c21-20(22,23)14-5-7-15(8-6-14)26-19-16-9-4-13(11-17(16)24-12-25-19)18-3-1-2-10-27(18)28/h1-12H,(H,24,25,26). The van der Waals surface area contributed by atoms with Gasteiger partial charge < -0.3 is 10.5 Å². The van der Waals surface area contributed by atoms with Crippen molar-refractivity contribution >= 4 is 22.4 Å². The molecule has 0 aliphatic rings. The van der Waals surface area contributed by atoms with Gasteiger partial charge in [-0.05, 0) is 48.5 Å². The third-order valence-corrected chi connectivity index (χ3v) is 4.23. The summed E-state index contributed by atoms with van der Waals surface area (Å²) in [6.07, 6.45) is -1.61. The third kappa shape index (κ3) is 3.44. The Balaban J connectivity index is 1.68. The van der Waals surface area contributed by atoms with Crippen LogP contribution in [0.25, 0.3) is 22.2 Å². The van der Waals surface area contributed by atoms with E-state index in [1.54, 1.807) is 36.4 Å². The first-order chi connectivity index (χ1) is 13.4. The van der Waals surface area contributed by atoms with Crippen molar-refractivity contribution < 1.29 is 17.9 Å². The summed E-state index contributed by atoms with van der Waals surface area (Å²) in [6.45, 7) is 0. The van der Waals surface area contributed by atoms with Gasteiger partial charge in [0.15, 0.2) is 6.20 Å². The highest BCUT2D eigenvalue weighted by molar-refractivity contribution is 5.92. The SMILES string of the molecule is [O-][n+]1ccccc1-c1ccc2c(Nc3ccc(C(F)(F)F)cc3)ncnc2c1. The molecule has 0 fully saturated rings. The topological polar surface area (TPSA) is 64.8 Å². The number of rotatable bonds is 3. The number of hydrogen-bond acceptors (Lipinski definition) is 4. The maximum absolute atomic E-state index is 12.7. The lowest BCUT2D eigenvalue weighted by atomic mass is 10.1. The first kappa shape index (κ1) is 17.7. The van der Waals surface area contributed by atoms with Crippen molar-refractivity contribution in [2.75, 3.05) is 5.32 Å². The Kier molecular flexibility index (Phi) is 4.31. The molecule has 0 bridgehead atoms. The number of hydrogen-bond donors (Lipinski definition) is 1. The number of anilines is 2. The van der Waals surface area contributed by atoms with Gasteiger partial charge in [0.2, 0.25) is 5.69 Å². The number of benzene rings is 2. The monoisotopic (exact) mass is 382 g/mol. The van der Waals surface area contributed by atoms with Gasteiger partial charge in [0.1, 0.15) is 12.1 Å². The van der Waals surface area contributed by atoms with Crippen LogP contribution in [-0.2, 0) is 6.18 Å². The van der Waals surface area contributed by atoms with E-state index in [1.807, 2.05) is 0 Å². The number of fused-ring (bicyclic) bond motifs is 1. The lowest BCUT2D eigenvalue weighted by molar-refractivity contribution is -0.593. The van der Waals surface area contributed by atoms with Crippen LogP contribution in [-0.4, -0.2) is 9.97 Å². The minimum atomic E-state index is -4.38. The molecular formula is C20H13F3N4O. The van der Waals surface area contributed by atoms with Gasteiger partial charge in [0.05, 0.1) is 11.1 Å². The highest BCUT2D eigenvalue weighted by Gasteiger charge is 2.29. The molecule has 0 saturated carbocycles. The smallest absolute Gasteiger partial charge is 0.416 e. The third-order valence-electron chi connectivity index (χ3n) is 4.23. The molecule has 1 N–H and O–H groups in total. The highest BCUT2D eigenvalue weighted by atomic mass is 19.4. The second-order valence-electron chi connectivity index (χ2n) is 6.07. The Morgan fingerprint density at radius 3 is 2.43 bits per heavy atom. The van der Waals surface area contributed by atoms with Crippen molar-refractivity contribution in [3.63, 3.8) is 0 Å². The normalized spacial score (nSPS) is 11.5. The van der Waals surface area contributed by atoms with E-state index >= 15 is 0 Å². The van der Waals surface area contributed by atoms with Crippen molar-refractivity contribution in [1.82, 2.24) is 9.97 Å². The molecule has 2 aromatic carbocycles. The Morgan fingerprint density at radius 1 is 0.929 bits per heavy atom. The lowest BCUT2D eigenvalue weighted by Gasteiger charge is -2.11. The predicted octanol–water partition coefficient (Wildman–Crippen LogP) is 4.69. The fourth-order valence-corrected chi connectivity index (χ4v) is 2.85. The summed E-state index contributed by atoms with van der Waals surface area (Å²) in [7, 11) is 0. The van der Waals surface area contributed by atoms with Gasteiger partial charge in [-0.15, -0.1) is 0 Å². The molecule has 0 amide bonds. The van der Waals surface area contributed by atoms with Crippen LogP contribution in [0.1, 0.15) is 5.56 Å². The molecule has 2 heterocycles. The zero-order valence-corrected chi connectivity index (χ0v) is 14.3. The number of alkyl halides is 3. The molecule has 0 spiro atoms. The van der Waals surface area contributed by atoms with E-state index in [2.05, 4.69) is 15.3 Å². The lowest BCUT2D eigenvalue weighted by Crippen LogP contribution is -2.27. The molecule has 0 radical (unpaired) electrons. The zero-order chi connectivity index (χ0) is 19.7. The second-order valence-corrected chi connectivity index (χ2v) is 6.07. The van der Waals surface area contributed by atoms with E-state index in [4.69, 9.17) is 0 Å². The minimum Gasteiger partial charge on any atom is -0.618 e. The van der Waals surface area contributed by atoms with E-state index in [1.165, 1.54) is 24.7 Å². The van der Waals surface area contributed by atoms with E-state index in [9.17, 15) is 18.4 Å². The van der Waals surface area contributed by atoms with Crippen molar-refractivity contribution in [2.45, 2.75) is 6.18 Å². The molecular weight excluding hydrogens is 369 g/mol. The van der Waals surface area contributed by atoms with Crippen molar-refractivity contribution in [3.8, 4) is 11.3 Å². The maximum Gasteiger partial charge on any atom is 0.416 e. The number of halogens is 3. The van der Waals surface area contributed by atoms with Gasteiger partial charge in [0, 0.05) is 28.8 Å². The largest absolute Gasteiger partial charge is 0.618 e. The molecule has 4 aromatic rings. The first-order valence-corrected chi connectivity index (χ1v) is 8.29. The van der Waals surface area contributed by atoms with Crippen LogP contribution in [0.15, 0.2) is 73.2 Å². The van der Waals surface area contributed by atoms with Crippen LogP contribution in [0.4, 0.5) is 24.7 Å². The summed E-state index contributed by atoms with van der Waals surface area (Å²) in [5.74, 6) is 0.458. The van der Waals surface area contributed by atoms with Crippen LogP contribution in [0.3, 0.4) is 0 Å². The van der Waals surface area contributed by atoms with Crippen molar-refractivity contribution in [1.29, 1.82) is 0 Å². The Morgan fingerprint density at radius 2 is 1.71 bits per heavy atom. The zero-order valence-electron chi connectivity index (χ0n) is 14.3. The molecule has 0 saturated heterocycles. The van der Waals surface area contributed by atoms with Crippen LogP contribution in [0, 0.1) is 5.21 Å². The first-order valence-electron chi connectivity index (χ1n) is 8.29. The number of nitrogens with zero attached hydrogens (tertiary/aromatic N) is 3. The summed E-state index contributed by atoms with van der Waals surface area (Å²) in [5.41, 5.74) is 1.54. The number of nitrogens with one attached hydrogen (secondary N) is 1. The molecule has 0 atom stereocenters. The van der Waals surface area contributed by atoms with E-state index in [-0.39, 0.29) is 0 Å². The summed E-state index contributed by atoms with van der Waals surface area (Å²) < 4.78 is 38.9. The van der Waals surface area contributed by atoms with Gasteiger partial charge >= 0.3 is 6.18 Å². The summed E-state index contributed by atoms with van der Waals surface area (Å²) in [5, 5.41) is 15.6. The van der Waals surface area contributed by atoms with Crippen LogP contribution in [0.5, 0.6) is 0 Å². The molecule has 5 nitrogen and oxygen atoms in total. The fraction of sp³-hybridized carbons (Fsp3) is 0.0500. The van der Waals surface area contributed by atoms with Crippen LogP contribution >= 0.6 is 0 Å². The quantitative estimate of drug-likeness (QED) is 0.412. The number of aromatic nitrogens is 3. The minimum absolute atomic E-state index is 0.458. The van der Waals surface area contributed by atoms with Crippen molar-refractivity contribution in [3.05, 3.63) is 84.0 Å². The molecule has 140 valence electrons. The van der Waals surface area contributed by atoms with Gasteiger partial charge in [0.25, 0.3) is 0 Å². The summed E-state index contributed by atoms with van der Waals surface area (Å²) >= 11 is 0. The second kappa shape index (κ2) is 6.80. The van der Waals surface area contributed by atoms with E-state index in [0.717, 1.165) is 16.9 Å². The molecule has 28 heavy (non-hydrogen) atoms. The van der Waals surface area contributed by atoms with Gasteiger partial charge in [-0.2, -0.15) is 17.9 Å². The number of pyridine rings is 1. The Bertz CT molecular complexity index is 1140. The van der Waals surface area contributed by atoms with Gasteiger partial charge in [-0.25, -0.2) is 9.97 Å². The van der Waals surface area contributed by atoms with Crippen LogP contribution < -0.4 is 10.0 Å². The van der Waals surface area contributed by atoms with Crippen LogP contribution in [0.2, 0.25) is 0 Å². The highest BCUT2D eigenvalue weighted by Crippen LogP contribution is 2.31. The summed E-state index contributed by atoms with van der Waals surface area (Å²) in [6, 6.07) is 15.1. The predicted molar refractivity (Wildman–Crippen MR) is 98.7 cm³/mol. The molecule has 0 unspecified atom stereocenters. The molecule has 0 aliphatic carbocycles. The van der Waals surface area contributed by atoms with E-state index in [0.29, 0.717) is 33.7 Å². The Hall–Kier alpha value is -3.68. The Labute approximate surface area is 157 Å². The fourth-order valence-electron chi connectivity index (χ4n) is 2.85. The van der Waals surface area contributed by atoms with Gasteiger partial charge in [-0.3, -0.25) is 0 Å². The molecule has 0 aliphatic heterocycles. The molecule has 2 aromatic heterocycles. The average Bonchev–Trinajstić information content (AvgIpc) is 2.68.